The molecule has 0 saturated carbocycles. The molecule has 0 bridgehead atoms. The number of nitrogens with two attached hydrogens (primary N) is 1. The van der Waals surface area contributed by atoms with E-state index >= 15 is 0 Å². The topological polar surface area (TPSA) is 55.1 Å². The molecule has 0 saturated heterocycles. The third-order valence-electron chi connectivity index (χ3n) is 2.81. The van der Waals surface area contributed by atoms with Gasteiger partial charge in [0.15, 0.2) is 0 Å². The van der Waals surface area contributed by atoms with Crippen molar-refractivity contribution in [3.05, 3.63) is 35.4 Å². The average molecular weight is 256 g/mol. The number of carbonyl (C=O) groups is 1. The molecule has 5 heteroatoms. The smallest absolute Gasteiger partial charge is 0.237 e. The predicted molar refractivity (Wildman–Crippen MR) is 65.7 cm³/mol. The van der Waals surface area contributed by atoms with Crippen LogP contribution in [0.3, 0.4) is 0 Å². The Labute approximate surface area is 105 Å². The molecule has 0 fully saturated rings. The molecule has 0 radical (unpaired) electrons. The lowest BCUT2D eigenvalue weighted by Crippen LogP contribution is -2.44. The molecule has 18 heavy (non-hydrogen) atoms. The molecule has 100 valence electrons. The molecular formula is C13H18F2N2O. The minimum atomic E-state index is -0.761. The van der Waals surface area contributed by atoms with Gasteiger partial charge in [0.05, 0.1) is 12.1 Å². The summed E-state index contributed by atoms with van der Waals surface area (Å²) in [5.41, 5.74) is 5.51. The number of carbonyl (C=O) groups excluding carboxylic acids is 1. The summed E-state index contributed by atoms with van der Waals surface area (Å²) in [6, 6.07) is 2.14. The van der Waals surface area contributed by atoms with E-state index in [0.717, 1.165) is 12.1 Å². The Hall–Kier alpha value is -1.49. The summed E-state index contributed by atoms with van der Waals surface area (Å²) in [7, 11) is 0. The molecule has 1 unspecified atom stereocenters. The van der Waals surface area contributed by atoms with Crippen molar-refractivity contribution in [1.82, 2.24) is 5.32 Å². The molecule has 0 aliphatic rings. The van der Waals surface area contributed by atoms with E-state index in [1.54, 1.807) is 13.8 Å². The third-order valence-corrected chi connectivity index (χ3v) is 2.81. The quantitative estimate of drug-likeness (QED) is 0.867. The second-order valence-electron chi connectivity index (χ2n) is 4.64. The van der Waals surface area contributed by atoms with Crippen molar-refractivity contribution in [2.45, 2.75) is 32.9 Å². The molecule has 3 N–H and O–H groups in total. The van der Waals surface area contributed by atoms with Crippen LogP contribution in [0.15, 0.2) is 18.2 Å². The molecule has 0 aliphatic carbocycles. The second kappa shape index (κ2) is 5.91. The number of rotatable bonds is 4. The summed E-state index contributed by atoms with van der Waals surface area (Å²) >= 11 is 0. The van der Waals surface area contributed by atoms with Crippen molar-refractivity contribution in [2.75, 3.05) is 0 Å². The van der Waals surface area contributed by atoms with E-state index < -0.39 is 29.6 Å². The maximum absolute atomic E-state index is 13.5. The number of hydrogen-bond donors (Lipinski definition) is 2. The molecular weight excluding hydrogens is 238 g/mol. The molecule has 1 aromatic carbocycles. The van der Waals surface area contributed by atoms with Crippen LogP contribution >= 0.6 is 0 Å². The molecule has 2 atom stereocenters. The fourth-order valence-electron chi connectivity index (χ4n) is 1.61. The molecule has 1 rings (SSSR count). The van der Waals surface area contributed by atoms with Crippen LogP contribution in [-0.4, -0.2) is 11.9 Å². The van der Waals surface area contributed by atoms with E-state index in [0.29, 0.717) is 0 Å². The first-order chi connectivity index (χ1) is 8.34. The van der Waals surface area contributed by atoms with Crippen molar-refractivity contribution < 1.29 is 13.6 Å². The van der Waals surface area contributed by atoms with Gasteiger partial charge in [-0.3, -0.25) is 4.79 Å². The van der Waals surface area contributed by atoms with Gasteiger partial charge in [-0.25, -0.2) is 8.78 Å². The van der Waals surface area contributed by atoms with Gasteiger partial charge in [0.25, 0.3) is 0 Å². The number of benzene rings is 1. The number of hydrogen-bond acceptors (Lipinski definition) is 2. The van der Waals surface area contributed by atoms with E-state index in [1.807, 2.05) is 0 Å². The fourth-order valence-corrected chi connectivity index (χ4v) is 1.61. The maximum Gasteiger partial charge on any atom is 0.237 e. The van der Waals surface area contributed by atoms with Crippen molar-refractivity contribution in [1.29, 1.82) is 0 Å². The molecule has 3 nitrogen and oxygen atoms in total. The van der Waals surface area contributed by atoms with Crippen molar-refractivity contribution >= 4 is 5.91 Å². The highest BCUT2D eigenvalue weighted by Gasteiger charge is 2.22. The molecule has 1 amide bonds. The first-order valence-corrected chi connectivity index (χ1v) is 5.84. The zero-order valence-electron chi connectivity index (χ0n) is 10.7. The summed E-state index contributed by atoms with van der Waals surface area (Å²) in [6.45, 7) is 5.13. The number of amides is 1. The van der Waals surface area contributed by atoms with Gasteiger partial charge in [0, 0.05) is 5.56 Å². The van der Waals surface area contributed by atoms with Gasteiger partial charge >= 0.3 is 0 Å². The van der Waals surface area contributed by atoms with Crippen LogP contribution in [0.25, 0.3) is 0 Å². The standard InChI is InChI=1S/C13H18F2N2O/c1-7(2)12(16)13(18)17-8(3)11-9(14)5-4-6-10(11)15/h4-8,12H,16H2,1-3H3,(H,17,18)/t8?,12-/m1/s1. The minimum absolute atomic E-state index is 0.0392. The Bertz CT molecular complexity index is 415. The summed E-state index contributed by atoms with van der Waals surface area (Å²) < 4.78 is 27.0. The van der Waals surface area contributed by atoms with Gasteiger partial charge in [-0.05, 0) is 25.0 Å². The van der Waals surface area contributed by atoms with Gasteiger partial charge in [-0.2, -0.15) is 0 Å². The van der Waals surface area contributed by atoms with Crippen LogP contribution in [-0.2, 0) is 4.79 Å². The third kappa shape index (κ3) is 3.26. The van der Waals surface area contributed by atoms with E-state index in [9.17, 15) is 13.6 Å². The summed E-state index contributed by atoms with van der Waals surface area (Å²) in [4.78, 5) is 11.7. The van der Waals surface area contributed by atoms with Crippen LogP contribution in [0, 0.1) is 17.6 Å². The lowest BCUT2D eigenvalue weighted by molar-refractivity contribution is -0.123. The van der Waals surface area contributed by atoms with Gasteiger partial charge in [-0.1, -0.05) is 19.9 Å². The Kier molecular flexibility index (Phi) is 4.78. The Morgan fingerprint density at radius 1 is 1.22 bits per heavy atom. The van der Waals surface area contributed by atoms with E-state index in [1.165, 1.54) is 13.0 Å². The highest BCUT2D eigenvalue weighted by Crippen LogP contribution is 2.20. The van der Waals surface area contributed by atoms with Crippen molar-refractivity contribution in [3.63, 3.8) is 0 Å². The normalized spacial score (nSPS) is 14.4. The highest BCUT2D eigenvalue weighted by atomic mass is 19.1. The van der Waals surface area contributed by atoms with Gasteiger partial charge in [0.1, 0.15) is 11.6 Å². The van der Waals surface area contributed by atoms with Crippen LogP contribution in [0.2, 0.25) is 0 Å². The lowest BCUT2D eigenvalue weighted by Gasteiger charge is -2.20. The van der Waals surface area contributed by atoms with Crippen LogP contribution in [0.5, 0.6) is 0 Å². The summed E-state index contributed by atoms with van der Waals surface area (Å²) in [6.07, 6.45) is 0. The molecule has 0 heterocycles. The number of halogens is 2. The Balaban J connectivity index is 2.83. The Morgan fingerprint density at radius 2 is 1.72 bits per heavy atom. The van der Waals surface area contributed by atoms with Crippen LogP contribution in [0.1, 0.15) is 32.4 Å². The van der Waals surface area contributed by atoms with Crippen molar-refractivity contribution in [2.24, 2.45) is 11.7 Å². The zero-order chi connectivity index (χ0) is 13.9. The lowest BCUT2D eigenvalue weighted by atomic mass is 10.0. The minimum Gasteiger partial charge on any atom is -0.348 e. The highest BCUT2D eigenvalue weighted by molar-refractivity contribution is 5.82. The number of nitrogens with one attached hydrogen (secondary N) is 1. The largest absolute Gasteiger partial charge is 0.348 e. The zero-order valence-corrected chi connectivity index (χ0v) is 10.7. The maximum atomic E-state index is 13.5. The van der Waals surface area contributed by atoms with E-state index in [2.05, 4.69) is 5.32 Å². The molecule has 1 aromatic rings. The van der Waals surface area contributed by atoms with E-state index in [-0.39, 0.29) is 11.5 Å². The average Bonchev–Trinajstić information content (AvgIpc) is 2.27. The predicted octanol–water partition coefficient (Wildman–Crippen LogP) is 2.13. The first kappa shape index (κ1) is 14.6. The van der Waals surface area contributed by atoms with Crippen LogP contribution in [0.4, 0.5) is 8.78 Å². The Morgan fingerprint density at radius 3 is 2.17 bits per heavy atom. The fraction of sp³-hybridized carbons (Fsp3) is 0.462. The summed E-state index contributed by atoms with van der Waals surface area (Å²) in [5.74, 6) is -1.82. The molecule has 0 aliphatic heterocycles. The van der Waals surface area contributed by atoms with Gasteiger partial charge in [-0.15, -0.1) is 0 Å². The SMILES string of the molecule is CC(NC(=O)[C@H](N)C(C)C)c1c(F)cccc1F. The monoisotopic (exact) mass is 256 g/mol. The van der Waals surface area contributed by atoms with Gasteiger partial charge < -0.3 is 11.1 Å². The van der Waals surface area contributed by atoms with Crippen molar-refractivity contribution in [3.8, 4) is 0 Å². The van der Waals surface area contributed by atoms with Gasteiger partial charge in [0.2, 0.25) is 5.91 Å². The molecule has 0 spiro atoms. The summed E-state index contributed by atoms with van der Waals surface area (Å²) in [5, 5.41) is 2.52. The first-order valence-electron chi connectivity index (χ1n) is 5.84. The van der Waals surface area contributed by atoms with E-state index in [4.69, 9.17) is 5.73 Å². The van der Waals surface area contributed by atoms with Crippen LogP contribution < -0.4 is 11.1 Å². The second-order valence-corrected chi connectivity index (χ2v) is 4.64. The molecule has 0 aromatic heterocycles.